The molecule has 0 N–H and O–H groups in total. The Morgan fingerprint density at radius 2 is 2.14 bits per heavy atom. The highest BCUT2D eigenvalue weighted by Crippen LogP contribution is 2.04. The Morgan fingerprint density at radius 3 is 2.57 bits per heavy atom. The zero-order valence-electron chi connectivity index (χ0n) is 8.23. The van der Waals surface area contributed by atoms with Gasteiger partial charge in [0.05, 0.1) is 12.9 Å². The van der Waals surface area contributed by atoms with Gasteiger partial charge in [-0.1, -0.05) is 13.0 Å². The number of aromatic nitrogens is 1. The molecule has 1 aromatic rings. The van der Waals surface area contributed by atoms with E-state index in [2.05, 4.69) is 9.17 Å². The third-order valence-corrected chi connectivity index (χ3v) is 2.23. The van der Waals surface area contributed by atoms with Gasteiger partial charge >= 0.3 is 0 Å². The minimum absolute atomic E-state index is 0.0514. The standard InChI is InChI=1S/C9H13NO3S/c1-3-9-5-4-8(6-10-9)7-13-14(2,11)12/h4-6H,3,7H2,1-2H3. The highest BCUT2D eigenvalue weighted by molar-refractivity contribution is 7.85. The van der Waals surface area contributed by atoms with Gasteiger partial charge in [-0.25, -0.2) is 0 Å². The first-order chi connectivity index (χ1) is 6.51. The fourth-order valence-corrected chi connectivity index (χ4v) is 1.27. The first-order valence-electron chi connectivity index (χ1n) is 4.29. The average molecular weight is 215 g/mol. The van der Waals surface area contributed by atoms with Crippen molar-refractivity contribution in [1.29, 1.82) is 0 Å². The molecule has 0 bridgehead atoms. The first-order valence-corrected chi connectivity index (χ1v) is 6.11. The highest BCUT2D eigenvalue weighted by atomic mass is 32.2. The second-order valence-corrected chi connectivity index (χ2v) is 4.62. The number of hydrogen-bond acceptors (Lipinski definition) is 4. The molecule has 0 amide bonds. The molecule has 1 heterocycles. The topological polar surface area (TPSA) is 56.3 Å². The summed E-state index contributed by atoms with van der Waals surface area (Å²) in [6.07, 6.45) is 3.53. The Kier molecular flexibility index (Phi) is 3.60. The molecule has 5 heteroatoms. The number of nitrogens with zero attached hydrogens (tertiary/aromatic N) is 1. The molecule has 1 rings (SSSR count). The van der Waals surface area contributed by atoms with Crippen LogP contribution in [0.5, 0.6) is 0 Å². The van der Waals surface area contributed by atoms with Gasteiger partial charge in [0.25, 0.3) is 10.1 Å². The Labute approximate surface area is 84.1 Å². The van der Waals surface area contributed by atoms with Crippen molar-refractivity contribution >= 4 is 10.1 Å². The molecule has 0 atom stereocenters. The van der Waals surface area contributed by atoms with Crippen molar-refractivity contribution < 1.29 is 12.6 Å². The molecule has 0 aliphatic carbocycles. The minimum Gasteiger partial charge on any atom is -0.265 e. The molecule has 0 aromatic carbocycles. The second kappa shape index (κ2) is 4.52. The van der Waals surface area contributed by atoms with Crippen molar-refractivity contribution in [2.24, 2.45) is 0 Å². The van der Waals surface area contributed by atoms with Gasteiger partial charge in [-0.05, 0) is 18.1 Å². The zero-order valence-corrected chi connectivity index (χ0v) is 9.04. The predicted octanol–water partition coefficient (Wildman–Crippen LogP) is 1.12. The van der Waals surface area contributed by atoms with Gasteiger partial charge in [0, 0.05) is 11.9 Å². The summed E-state index contributed by atoms with van der Waals surface area (Å²) in [5, 5.41) is 0. The lowest BCUT2D eigenvalue weighted by molar-refractivity contribution is 0.311. The van der Waals surface area contributed by atoms with Crippen molar-refractivity contribution in [3.8, 4) is 0 Å². The summed E-state index contributed by atoms with van der Waals surface area (Å²) >= 11 is 0. The largest absolute Gasteiger partial charge is 0.265 e. The Balaban J connectivity index is 2.61. The van der Waals surface area contributed by atoms with Crippen LogP contribution in [0.2, 0.25) is 0 Å². The fraction of sp³-hybridized carbons (Fsp3) is 0.444. The van der Waals surface area contributed by atoms with Crippen LogP contribution in [0.25, 0.3) is 0 Å². The van der Waals surface area contributed by atoms with Gasteiger partial charge in [-0.2, -0.15) is 8.42 Å². The van der Waals surface area contributed by atoms with Gasteiger partial charge in [-0.3, -0.25) is 9.17 Å². The molecule has 0 aliphatic rings. The van der Waals surface area contributed by atoms with Crippen LogP contribution in [-0.4, -0.2) is 19.7 Å². The number of rotatable bonds is 4. The van der Waals surface area contributed by atoms with Gasteiger partial charge in [-0.15, -0.1) is 0 Å². The van der Waals surface area contributed by atoms with E-state index in [0.29, 0.717) is 0 Å². The molecule has 78 valence electrons. The van der Waals surface area contributed by atoms with Crippen LogP contribution in [0.15, 0.2) is 18.3 Å². The molecule has 1 aromatic heterocycles. The lowest BCUT2D eigenvalue weighted by atomic mass is 10.2. The van der Waals surface area contributed by atoms with Crippen molar-refractivity contribution in [3.63, 3.8) is 0 Å². The van der Waals surface area contributed by atoms with E-state index in [-0.39, 0.29) is 6.61 Å². The quantitative estimate of drug-likeness (QED) is 0.706. The molecular formula is C9H13NO3S. The average Bonchev–Trinajstić information content (AvgIpc) is 2.14. The molecule has 0 aliphatic heterocycles. The maximum absolute atomic E-state index is 10.7. The van der Waals surface area contributed by atoms with E-state index < -0.39 is 10.1 Å². The lowest BCUT2D eigenvalue weighted by Crippen LogP contribution is -2.03. The number of pyridine rings is 1. The molecule has 0 fully saturated rings. The van der Waals surface area contributed by atoms with Gasteiger partial charge < -0.3 is 0 Å². The van der Waals surface area contributed by atoms with E-state index in [9.17, 15) is 8.42 Å². The van der Waals surface area contributed by atoms with Crippen LogP contribution in [0.3, 0.4) is 0 Å². The van der Waals surface area contributed by atoms with Crippen LogP contribution >= 0.6 is 0 Å². The normalized spacial score (nSPS) is 11.6. The van der Waals surface area contributed by atoms with E-state index in [0.717, 1.165) is 23.9 Å². The molecule has 0 saturated heterocycles. The third-order valence-electron chi connectivity index (χ3n) is 1.69. The molecule has 4 nitrogen and oxygen atoms in total. The molecule has 0 radical (unpaired) electrons. The Hall–Kier alpha value is -0.940. The van der Waals surface area contributed by atoms with Crippen LogP contribution < -0.4 is 0 Å². The minimum atomic E-state index is -3.37. The van der Waals surface area contributed by atoms with Crippen LogP contribution in [0, 0.1) is 0 Å². The molecule has 0 unspecified atom stereocenters. The van der Waals surface area contributed by atoms with E-state index in [4.69, 9.17) is 0 Å². The smallest absolute Gasteiger partial charge is 0.264 e. The number of hydrogen-bond donors (Lipinski definition) is 0. The van der Waals surface area contributed by atoms with Crippen molar-refractivity contribution in [3.05, 3.63) is 29.6 Å². The Bertz CT molecular complexity index is 383. The second-order valence-electron chi connectivity index (χ2n) is 2.98. The summed E-state index contributed by atoms with van der Waals surface area (Å²) in [5.41, 5.74) is 1.74. The van der Waals surface area contributed by atoms with E-state index >= 15 is 0 Å². The summed E-state index contributed by atoms with van der Waals surface area (Å²) in [6.45, 7) is 2.06. The van der Waals surface area contributed by atoms with Crippen LogP contribution in [0.1, 0.15) is 18.2 Å². The molecule has 14 heavy (non-hydrogen) atoms. The van der Waals surface area contributed by atoms with Crippen LogP contribution in [0.4, 0.5) is 0 Å². The van der Waals surface area contributed by atoms with E-state index in [1.54, 1.807) is 6.20 Å². The summed E-state index contributed by atoms with van der Waals surface area (Å²) in [4.78, 5) is 4.12. The highest BCUT2D eigenvalue weighted by Gasteiger charge is 2.02. The zero-order chi connectivity index (χ0) is 10.6. The Morgan fingerprint density at radius 1 is 1.43 bits per heavy atom. The number of aryl methyl sites for hydroxylation is 1. The summed E-state index contributed by atoms with van der Waals surface area (Å²) in [6, 6.07) is 3.68. The first kappa shape index (κ1) is 11.1. The van der Waals surface area contributed by atoms with Gasteiger partial charge in [0.15, 0.2) is 0 Å². The van der Waals surface area contributed by atoms with E-state index in [1.165, 1.54) is 0 Å². The van der Waals surface area contributed by atoms with Crippen LogP contribution in [-0.2, 0) is 27.3 Å². The van der Waals surface area contributed by atoms with Crippen molar-refractivity contribution in [2.45, 2.75) is 20.0 Å². The third kappa shape index (κ3) is 3.85. The monoisotopic (exact) mass is 215 g/mol. The maximum atomic E-state index is 10.7. The van der Waals surface area contributed by atoms with Gasteiger partial charge in [0.2, 0.25) is 0 Å². The fourth-order valence-electron chi connectivity index (χ4n) is 0.925. The molecular weight excluding hydrogens is 202 g/mol. The molecule has 0 spiro atoms. The SMILES string of the molecule is CCc1ccc(COS(C)(=O)=O)cn1. The lowest BCUT2D eigenvalue weighted by Gasteiger charge is -2.01. The van der Waals surface area contributed by atoms with Crippen molar-refractivity contribution in [1.82, 2.24) is 4.98 Å². The predicted molar refractivity (Wildman–Crippen MR) is 53.2 cm³/mol. The molecule has 0 saturated carbocycles. The summed E-state index contributed by atoms with van der Waals surface area (Å²) in [5.74, 6) is 0. The summed E-state index contributed by atoms with van der Waals surface area (Å²) in [7, 11) is -3.37. The van der Waals surface area contributed by atoms with Gasteiger partial charge in [0.1, 0.15) is 0 Å². The summed E-state index contributed by atoms with van der Waals surface area (Å²) < 4.78 is 26.0. The van der Waals surface area contributed by atoms with E-state index in [1.807, 2.05) is 19.1 Å². The maximum Gasteiger partial charge on any atom is 0.264 e. The van der Waals surface area contributed by atoms with Crippen molar-refractivity contribution in [2.75, 3.05) is 6.26 Å².